The van der Waals surface area contributed by atoms with Crippen molar-refractivity contribution in [3.05, 3.63) is 152 Å². The van der Waals surface area contributed by atoms with E-state index in [9.17, 15) is 0 Å². The van der Waals surface area contributed by atoms with Gasteiger partial charge in [-0.1, -0.05) is 54.6 Å². The van der Waals surface area contributed by atoms with Crippen LogP contribution in [0.15, 0.2) is 156 Å². The number of para-hydroxylation sites is 3. The molecular formula is C41H34N4O4. The van der Waals surface area contributed by atoms with E-state index in [4.69, 9.17) is 18.6 Å². The van der Waals surface area contributed by atoms with Crippen molar-refractivity contribution < 1.29 is 18.6 Å². The van der Waals surface area contributed by atoms with Gasteiger partial charge in [-0.2, -0.15) is 0 Å². The maximum Gasteiger partial charge on any atom is 0.248 e. The second-order valence-electron chi connectivity index (χ2n) is 11.1. The third-order valence-electron chi connectivity index (χ3n) is 8.12. The van der Waals surface area contributed by atoms with E-state index >= 15 is 0 Å². The molecule has 0 fully saturated rings. The summed E-state index contributed by atoms with van der Waals surface area (Å²) in [5.41, 5.74) is 7.72. The Balaban J connectivity index is 1.20. The van der Waals surface area contributed by atoms with Gasteiger partial charge in [-0.3, -0.25) is 0 Å². The molecule has 0 saturated heterocycles. The lowest BCUT2D eigenvalue weighted by Gasteiger charge is -2.28. The highest BCUT2D eigenvalue weighted by molar-refractivity contribution is 5.81. The Bertz CT molecular complexity index is 2050. The number of hydrogen-bond donors (Lipinski definition) is 0. The Morgan fingerprint density at radius 2 is 0.755 bits per heavy atom. The van der Waals surface area contributed by atoms with Crippen LogP contribution in [0.4, 0.5) is 34.1 Å². The lowest BCUT2D eigenvalue weighted by atomic mass is 10.1. The fraction of sp³-hybridized carbons (Fsp3) is 0.0732. The molecule has 0 unspecified atom stereocenters. The van der Waals surface area contributed by atoms with Crippen LogP contribution in [0.3, 0.4) is 0 Å². The maximum absolute atomic E-state index is 6.11. The molecule has 0 aliphatic carbocycles. The van der Waals surface area contributed by atoms with Gasteiger partial charge in [0.2, 0.25) is 17.5 Å². The zero-order chi connectivity index (χ0) is 33.6. The number of ether oxygens (including phenoxy) is 3. The number of hydrogen-bond acceptors (Lipinski definition) is 8. The molecule has 0 amide bonds. The van der Waals surface area contributed by atoms with E-state index < -0.39 is 0 Å². The van der Waals surface area contributed by atoms with Gasteiger partial charge in [-0.05, 0) is 97.1 Å². The monoisotopic (exact) mass is 646 g/mol. The second-order valence-corrected chi connectivity index (χ2v) is 11.1. The first-order valence-corrected chi connectivity index (χ1v) is 15.8. The Kier molecular flexibility index (Phi) is 8.92. The van der Waals surface area contributed by atoms with Crippen molar-refractivity contribution in [2.75, 3.05) is 31.1 Å². The summed E-state index contributed by atoms with van der Waals surface area (Å²) in [6, 6.07) is 51.3. The lowest BCUT2D eigenvalue weighted by molar-refractivity contribution is 0.324. The predicted molar refractivity (Wildman–Crippen MR) is 194 cm³/mol. The molecule has 0 aliphatic rings. The van der Waals surface area contributed by atoms with Crippen molar-refractivity contribution in [1.82, 2.24) is 10.2 Å². The Labute approximate surface area is 285 Å². The molecule has 0 bridgehead atoms. The largest absolute Gasteiger partial charge is 0.493 e. The summed E-state index contributed by atoms with van der Waals surface area (Å²) in [6.07, 6.45) is 0. The third-order valence-corrected chi connectivity index (χ3v) is 8.12. The molecule has 8 nitrogen and oxygen atoms in total. The highest BCUT2D eigenvalue weighted by atomic mass is 16.5. The van der Waals surface area contributed by atoms with Gasteiger partial charge in [-0.15, -0.1) is 10.2 Å². The molecule has 8 heteroatoms. The smallest absolute Gasteiger partial charge is 0.248 e. The molecule has 242 valence electrons. The van der Waals surface area contributed by atoms with Gasteiger partial charge in [0.05, 0.1) is 21.3 Å². The van der Waals surface area contributed by atoms with Crippen LogP contribution in [0, 0.1) is 0 Å². The zero-order valence-corrected chi connectivity index (χ0v) is 27.4. The summed E-state index contributed by atoms with van der Waals surface area (Å²) in [7, 11) is 4.70. The van der Waals surface area contributed by atoms with Gasteiger partial charge in [0.1, 0.15) is 0 Å². The van der Waals surface area contributed by atoms with E-state index in [1.807, 2.05) is 42.5 Å². The van der Waals surface area contributed by atoms with Gasteiger partial charge in [0.15, 0.2) is 11.5 Å². The Morgan fingerprint density at radius 1 is 0.408 bits per heavy atom. The first kappa shape index (κ1) is 31.1. The minimum absolute atomic E-state index is 0.337. The number of aromatic nitrogens is 2. The number of rotatable bonds is 11. The Hall–Kier alpha value is -6.54. The highest BCUT2D eigenvalue weighted by Gasteiger charge is 2.19. The van der Waals surface area contributed by atoms with Crippen LogP contribution in [-0.2, 0) is 0 Å². The van der Waals surface area contributed by atoms with Crippen molar-refractivity contribution in [2.45, 2.75) is 0 Å². The summed E-state index contributed by atoms with van der Waals surface area (Å²) in [5.74, 6) is 2.23. The maximum atomic E-state index is 6.11. The fourth-order valence-corrected chi connectivity index (χ4v) is 5.79. The van der Waals surface area contributed by atoms with E-state index in [2.05, 4.69) is 117 Å². The van der Waals surface area contributed by atoms with Gasteiger partial charge in [0, 0.05) is 45.3 Å². The average molecular weight is 647 g/mol. The lowest BCUT2D eigenvalue weighted by Crippen LogP contribution is -2.12. The van der Waals surface area contributed by atoms with Crippen LogP contribution in [0.1, 0.15) is 0 Å². The number of methoxy groups -OCH3 is 3. The standard InChI is InChI=1S/C41H34N4O4/c1-46-37-27-30(28-38(47-2)39(37)48-3)41-43-42-40(49-41)29-19-21-34(22-20-29)45(33-17-11-6-12-18-33)36-25-23-35(24-26-36)44(31-13-7-4-8-14-31)32-15-9-5-10-16-32/h4-28H,1-3H3. The minimum atomic E-state index is 0.337. The molecule has 0 radical (unpaired) electrons. The molecule has 49 heavy (non-hydrogen) atoms. The second kappa shape index (κ2) is 14.1. The summed E-state index contributed by atoms with van der Waals surface area (Å²) in [4.78, 5) is 4.47. The molecule has 0 saturated carbocycles. The molecular weight excluding hydrogens is 612 g/mol. The minimum Gasteiger partial charge on any atom is -0.493 e. The van der Waals surface area contributed by atoms with E-state index in [0.29, 0.717) is 34.6 Å². The van der Waals surface area contributed by atoms with Crippen LogP contribution in [0.2, 0.25) is 0 Å². The summed E-state index contributed by atoms with van der Waals surface area (Å²) >= 11 is 0. The predicted octanol–water partition coefficient (Wildman–Crippen LogP) is 10.4. The fourth-order valence-electron chi connectivity index (χ4n) is 5.79. The summed E-state index contributed by atoms with van der Waals surface area (Å²) in [5, 5.41) is 8.64. The molecule has 6 aromatic carbocycles. The van der Waals surface area contributed by atoms with Crippen LogP contribution < -0.4 is 24.0 Å². The van der Waals surface area contributed by atoms with Crippen LogP contribution >= 0.6 is 0 Å². The van der Waals surface area contributed by atoms with Crippen LogP contribution in [0.5, 0.6) is 17.2 Å². The average Bonchev–Trinajstić information content (AvgIpc) is 3.67. The number of anilines is 6. The first-order chi connectivity index (χ1) is 24.2. The normalized spacial score (nSPS) is 10.8. The molecule has 0 spiro atoms. The molecule has 1 aromatic heterocycles. The van der Waals surface area contributed by atoms with Crippen LogP contribution in [0.25, 0.3) is 22.9 Å². The van der Waals surface area contributed by atoms with Crippen LogP contribution in [-0.4, -0.2) is 31.5 Å². The van der Waals surface area contributed by atoms with Gasteiger partial charge < -0.3 is 28.4 Å². The molecule has 1 heterocycles. The number of nitrogens with zero attached hydrogens (tertiary/aromatic N) is 4. The molecule has 0 atom stereocenters. The summed E-state index contributed by atoms with van der Waals surface area (Å²) < 4.78 is 22.6. The molecule has 0 N–H and O–H groups in total. The van der Waals surface area contributed by atoms with Crippen molar-refractivity contribution >= 4 is 34.1 Å². The van der Waals surface area contributed by atoms with E-state index in [0.717, 1.165) is 39.7 Å². The first-order valence-electron chi connectivity index (χ1n) is 15.8. The zero-order valence-electron chi connectivity index (χ0n) is 27.4. The Morgan fingerprint density at radius 3 is 1.12 bits per heavy atom. The van der Waals surface area contributed by atoms with Crippen molar-refractivity contribution in [1.29, 1.82) is 0 Å². The molecule has 7 aromatic rings. The van der Waals surface area contributed by atoms with Crippen molar-refractivity contribution in [3.8, 4) is 40.2 Å². The quantitative estimate of drug-likeness (QED) is 0.137. The van der Waals surface area contributed by atoms with Gasteiger partial charge in [0.25, 0.3) is 0 Å². The highest BCUT2D eigenvalue weighted by Crippen LogP contribution is 2.42. The summed E-state index contributed by atoms with van der Waals surface area (Å²) in [6.45, 7) is 0. The molecule has 7 rings (SSSR count). The SMILES string of the molecule is COc1cc(-c2nnc(-c3ccc(N(c4ccccc4)c4ccc(N(c5ccccc5)c5ccccc5)cc4)cc3)o2)cc(OC)c1OC. The third kappa shape index (κ3) is 6.40. The topological polar surface area (TPSA) is 73.1 Å². The van der Waals surface area contributed by atoms with E-state index in [1.54, 1.807) is 33.5 Å². The van der Waals surface area contributed by atoms with Gasteiger partial charge >= 0.3 is 0 Å². The number of benzene rings is 6. The van der Waals surface area contributed by atoms with Crippen molar-refractivity contribution in [3.63, 3.8) is 0 Å². The van der Waals surface area contributed by atoms with Gasteiger partial charge in [-0.25, -0.2) is 0 Å². The van der Waals surface area contributed by atoms with E-state index in [-0.39, 0.29) is 0 Å². The molecule has 0 aliphatic heterocycles. The van der Waals surface area contributed by atoms with Crippen molar-refractivity contribution in [2.24, 2.45) is 0 Å². The van der Waals surface area contributed by atoms with E-state index in [1.165, 1.54) is 0 Å².